The predicted octanol–water partition coefficient (Wildman–Crippen LogP) is 1.58. The number of rotatable bonds is 4. The maximum atomic E-state index is 14.2. The maximum absolute atomic E-state index is 14.2. The Bertz CT molecular complexity index is 866. The Kier molecular flexibility index (Phi) is 4.60. The number of sulfonamides is 1. The van der Waals surface area contributed by atoms with E-state index < -0.39 is 44.8 Å². The standard InChI is InChI=1S/C14H13ClFNO6S/c1-7(18)22-11-12(19)14(2,23-13(11)17-24(3,20)21)9-5-4-8(15)6-10(9)16/h4-6,17H,1-3H3. The number of ether oxygens (including phenoxy) is 2. The number of halogens is 2. The first-order valence-electron chi connectivity index (χ1n) is 6.54. The van der Waals surface area contributed by atoms with Crippen LogP contribution >= 0.6 is 11.6 Å². The average molecular weight is 378 g/mol. The first-order valence-corrected chi connectivity index (χ1v) is 8.81. The molecule has 1 aliphatic rings. The monoisotopic (exact) mass is 377 g/mol. The number of benzene rings is 1. The van der Waals surface area contributed by atoms with E-state index in [2.05, 4.69) is 0 Å². The van der Waals surface area contributed by atoms with Crippen molar-refractivity contribution < 1.29 is 31.9 Å². The second-order valence-corrected chi connectivity index (χ2v) is 7.40. The van der Waals surface area contributed by atoms with Crippen LogP contribution < -0.4 is 4.72 Å². The summed E-state index contributed by atoms with van der Waals surface area (Å²) in [6.07, 6.45) is 0.817. The molecular formula is C14H13ClFNO6S. The second kappa shape index (κ2) is 6.06. The summed E-state index contributed by atoms with van der Waals surface area (Å²) in [6, 6.07) is 3.55. The van der Waals surface area contributed by atoms with Crippen molar-refractivity contribution in [2.75, 3.05) is 6.26 Å². The quantitative estimate of drug-likeness (QED) is 0.800. The highest BCUT2D eigenvalue weighted by atomic mass is 35.5. The van der Waals surface area contributed by atoms with Crippen molar-refractivity contribution in [3.63, 3.8) is 0 Å². The molecule has 0 bridgehead atoms. The molecule has 0 amide bonds. The summed E-state index contributed by atoms with van der Waals surface area (Å²) in [5.41, 5.74) is -2.11. The number of carbonyl (C=O) groups is 2. The minimum absolute atomic E-state index is 0.105. The van der Waals surface area contributed by atoms with Crippen molar-refractivity contribution in [1.29, 1.82) is 0 Å². The molecule has 0 radical (unpaired) electrons. The van der Waals surface area contributed by atoms with Gasteiger partial charge in [-0.05, 0) is 19.1 Å². The van der Waals surface area contributed by atoms with Crippen molar-refractivity contribution in [2.24, 2.45) is 0 Å². The Hall–Kier alpha value is -2.13. The van der Waals surface area contributed by atoms with Gasteiger partial charge in [0.1, 0.15) is 5.82 Å². The van der Waals surface area contributed by atoms with E-state index in [-0.39, 0.29) is 10.6 Å². The van der Waals surface area contributed by atoms with Crippen LogP contribution in [0.25, 0.3) is 0 Å². The van der Waals surface area contributed by atoms with E-state index in [9.17, 15) is 22.4 Å². The number of carbonyl (C=O) groups excluding carboxylic acids is 2. The van der Waals surface area contributed by atoms with Crippen molar-refractivity contribution >= 4 is 33.4 Å². The number of ketones is 1. The van der Waals surface area contributed by atoms with Crippen molar-refractivity contribution in [2.45, 2.75) is 19.4 Å². The summed E-state index contributed by atoms with van der Waals surface area (Å²) in [5, 5.41) is 0.105. The lowest BCUT2D eigenvalue weighted by Crippen LogP contribution is -2.33. The molecule has 0 saturated carbocycles. The zero-order chi connectivity index (χ0) is 18.3. The summed E-state index contributed by atoms with van der Waals surface area (Å²) in [5.74, 6) is -3.85. The van der Waals surface area contributed by atoms with Gasteiger partial charge in [-0.3, -0.25) is 14.3 Å². The number of esters is 1. The molecule has 1 N–H and O–H groups in total. The van der Waals surface area contributed by atoms with E-state index in [1.54, 1.807) is 0 Å². The summed E-state index contributed by atoms with van der Waals surface area (Å²) >= 11 is 5.68. The third kappa shape index (κ3) is 3.51. The van der Waals surface area contributed by atoms with Crippen molar-refractivity contribution in [3.8, 4) is 0 Å². The lowest BCUT2D eigenvalue weighted by atomic mass is 9.91. The molecule has 0 aliphatic carbocycles. The fraction of sp³-hybridized carbons (Fsp3) is 0.286. The zero-order valence-electron chi connectivity index (χ0n) is 12.8. The molecule has 0 spiro atoms. The first kappa shape index (κ1) is 18.2. The largest absolute Gasteiger partial charge is 0.456 e. The molecule has 0 saturated heterocycles. The van der Waals surface area contributed by atoms with Gasteiger partial charge in [-0.1, -0.05) is 17.7 Å². The van der Waals surface area contributed by atoms with E-state index in [0.29, 0.717) is 0 Å². The third-order valence-corrected chi connectivity index (χ3v) is 3.91. The molecule has 130 valence electrons. The minimum Gasteiger partial charge on any atom is -0.456 e. The van der Waals surface area contributed by atoms with Crippen LogP contribution in [0.4, 0.5) is 4.39 Å². The maximum Gasteiger partial charge on any atom is 0.308 e. The molecule has 24 heavy (non-hydrogen) atoms. The fourth-order valence-corrected chi connectivity index (χ4v) is 2.77. The van der Waals surface area contributed by atoms with Crippen LogP contribution in [-0.4, -0.2) is 26.4 Å². The van der Waals surface area contributed by atoms with Crippen LogP contribution in [0, 0.1) is 5.82 Å². The minimum atomic E-state index is -3.84. The van der Waals surface area contributed by atoms with Gasteiger partial charge in [-0.15, -0.1) is 0 Å². The number of hydrogen-bond donors (Lipinski definition) is 1. The summed E-state index contributed by atoms with van der Waals surface area (Å²) < 4.78 is 49.1. The normalized spacial score (nSPS) is 20.8. The van der Waals surface area contributed by atoms with Crippen LogP contribution in [-0.2, 0) is 34.7 Å². The van der Waals surface area contributed by atoms with Gasteiger partial charge in [0.05, 0.1) is 6.26 Å². The van der Waals surface area contributed by atoms with Gasteiger partial charge in [0.25, 0.3) is 5.78 Å². The van der Waals surface area contributed by atoms with Crippen molar-refractivity contribution in [3.05, 3.63) is 46.2 Å². The number of Topliss-reactive ketones (excluding diaryl/α,β-unsaturated/α-hetero) is 1. The number of nitrogens with one attached hydrogen (secondary N) is 1. The summed E-state index contributed by atoms with van der Waals surface area (Å²) in [6.45, 7) is 2.25. The van der Waals surface area contributed by atoms with Gasteiger partial charge in [0.2, 0.25) is 27.3 Å². The van der Waals surface area contributed by atoms with Crippen LogP contribution in [0.3, 0.4) is 0 Å². The molecule has 0 aromatic heterocycles. The molecule has 1 aromatic rings. The van der Waals surface area contributed by atoms with E-state index >= 15 is 0 Å². The lowest BCUT2D eigenvalue weighted by Gasteiger charge is -2.24. The average Bonchev–Trinajstić information content (AvgIpc) is 2.61. The highest BCUT2D eigenvalue weighted by Gasteiger charge is 2.51. The van der Waals surface area contributed by atoms with Gasteiger partial charge >= 0.3 is 5.97 Å². The Balaban J connectivity index is 2.53. The predicted molar refractivity (Wildman–Crippen MR) is 81.6 cm³/mol. The Morgan fingerprint density at radius 3 is 2.54 bits per heavy atom. The molecule has 10 heteroatoms. The molecule has 2 rings (SSSR count). The van der Waals surface area contributed by atoms with E-state index in [1.165, 1.54) is 19.1 Å². The van der Waals surface area contributed by atoms with Crippen LogP contribution in [0.2, 0.25) is 5.02 Å². The van der Waals surface area contributed by atoms with Gasteiger partial charge in [-0.2, -0.15) is 0 Å². The fourth-order valence-electron chi connectivity index (χ4n) is 2.14. The third-order valence-electron chi connectivity index (χ3n) is 3.12. The van der Waals surface area contributed by atoms with Gasteiger partial charge in [0.15, 0.2) is 0 Å². The van der Waals surface area contributed by atoms with Crippen LogP contribution in [0.5, 0.6) is 0 Å². The molecule has 1 atom stereocenters. The number of hydrogen-bond acceptors (Lipinski definition) is 6. The molecule has 1 aromatic carbocycles. The first-order chi connectivity index (χ1) is 10.9. The van der Waals surface area contributed by atoms with Crippen LogP contribution in [0.15, 0.2) is 29.8 Å². The molecule has 7 nitrogen and oxygen atoms in total. The Morgan fingerprint density at radius 2 is 2.04 bits per heavy atom. The molecule has 1 heterocycles. The summed E-state index contributed by atoms with van der Waals surface area (Å²) in [4.78, 5) is 23.8. The Morgan fingerprint density at radius 1 is 1.42 bits per heavy atom. The smallest absolute Gasteiger partial charge is 0.308 e. The molecular weight excluding hydrogens is 365 g/mol. The summed E-state index contributed by atoms with van der Waals surface area (Å²) in [7, 11) is -3.84. The van der Waals surface area contributed by atoms with E-state index in [4.69, 9.17) is 21.1 Å². The lowest BCUT2D eigenvalue weighted by molar-refractivity contribution is -0.142. The van der Waals surface area contributed by atoms with Gasteiger partial charge in [-0.25, -0.2) is 12.8 Å². The van der Waals surface area contributed by atoms with Crippen LogP contribution in [0.1, 0.15) is 19.4 Å². The van der Waals surface area contributed by atoms with Gasteiger partial charge in [0, 0.05) is 17.5 Å². The topological polar surface area (TPSA) is 98.8 Å². The van der Waals surface area contributed by atoms with E-state index in [0.717, 1.165) is 19.2 Å². The van der Waals surface area contributed by atoms with Gasteiger partial charge < -0.3 is 9.47 Å². The highest BCUT2D eigenvalue weighted by molar-refractivity contribution is 7.88. The molecule has 0 fully saturated rings. The second-order valence-electron chi connectivity index (χ2n) is 5.21. The Labute approximate surface area is 142 Å². The molecule has 1 unspecified atom stereocenters. The zero-order valence-corrected chi connectivity index (χ0v) is 14.4. The van der Waals surface area contributed by atoms with Crippen molar-refractivity contribution in [1.82, 2.24) is 4.72 Å². The SMILES string of the molecule is CC(=O)OC1=C(NS(C)(=O)=O)OC(C)(c2ccc(Cl)cc2F)C1=O. The van der Waals surface area contributed by atoms with E-state index in [1.807, 2.05) is 4.72 Å². The highest BCUT2D eigenvalue weighted by Crippen LogP contribution is 2.40. The molecule has 1 aliphatic heterocycles.